The molecule has 1 aliphatic heterocycles. The summed E-state index contributed by atoms with van der Waals surface area (Å²) in [5.74, 6) is 0.960. The molecule has 0 saturated carbocycles. The summed E-state index contributed by atoms with van der Waals surface area (Å²) in [4.78, 5) is 17.5. The van der Waals surface area contributed by atoms with E-state index in [0.29, 0.717) is 0 Å². The van der Waals surface area contributed by atoms with Gasteiger partial charge >= 0.3 is 0 Å². The summed E-state index contributed by atoms with van der Waals surface area (Å²) in [7, 11) is 0. The highest BCUT2D eigenvalue weighted by Crippen LogP contribution is 2.34. The number of nitrogens with zero attached hydrogens (tertiary/aromatic N) is 2. The number of pyridine rings is 1. The molecule has 2 heterocycles. The highest BCUT2D eigenvalue weighted by Gasteiger charge is 2.36. The van der Waals surface area contributed by atoms with Crippen LogP contribution >= 0.6 is 0 Å². The molecule has 0 fully saturated rings. The molecule has 0 amide bonds. The summed E-state index contributed by atoms with van der Waals surface area (Å²) in [5, 5.41) is 0. The van der Waals surface area contributed by atoms with Crippen LogP contribution in [-0.2, 0) is 11.2 Å². The Morgan fingerprint density at radius 1 is 1.53 bits per heavy atom. The van der Waals surface area contributed by atoms with Gasteiger partial charge in [-0.05, 0) is 32.4 Å². The molecule has 1 unspecified atom stereocenters. The third-order valence-corrected chi connectivity index (χ3v) is 2.74. The molecule has 0 N–H and O–H groups in total. The topological polar surface area (TPSA) is 33.2 Å². The molecule has 0 bridgehead atoms. The highest BCUT2D eigenvalue weighted by atomic mass is 16.1. The minimum atomic E-state index is -0.0643. The molecule has 3 nitrogen and oxygen atoms in total. The summed E-state index contributed by atoms with van der Waals surface area (Å²) in [6.07, 6.45) is 3.58. The average Bonchev–Trinajstić information content (AvgIpc) is 2.54. The van der Waals surface area contributed by atoms with Crippen molar-refractivity contribution >= 4 is 12.1 Å². The van der Waals surface area contributed by atoms with Crippen molar-refractivity contribution in [3.63, 3.8) is 0 Å². The summed E-state index contributed by atoms with van der Waals surface area (Å²) < 4.78 is 0. The van der Waals surface area contributed by atoms with Gasteiger partial charge in [-0.1, -0.05) is 6.07 Å². The van der Waals surface area contributed by atoms with Crippen molar-refractivity contribution < 1.29 is 4.79 Å². The van der Waals surface area contributed by atoms with Gasteiger partial charge in [0.2, 0.25) is 0 Å². The first-order chi connectivity index (χ1) is 7.04. The largest absolute Gasteiger partial charge is 0.341 e. The van der Waals surface area contributed by atoms with Crippen molar-refractivity contribution in [2.24, 2.45) is 0 Å². The zero-order valence-electron chi connectivity index (χ0n) is 9.40. The SMILES string of the molecule is CC(C)(C)N1c2ncccc2CC1C=O. The van der Waals surface area contributed by atoms with Gasteiger partial charge in [-0.2, -0.15) is 0 Å². The van der Waals surface area contributed by atoms with Crippen LogP contribution in [0.15, 0.2) is 18.3 Å². The Kier molecular flexibility index (Phi) is 2.25. The van der Waals surface area contributed by atoms with Crippen molar-refractivity contribution in [3.8, 4) is 0 Å². The minimum Gasteiger partial charge on any atom is -0.341 e. The predicted molar refractivity (Wildman–Crippen MR) is 60.0 cm³/mol. The van der Waals surface area contributed by atoms with Crippen LogP contribution in [0.3, 0.4) is 0 Å². The third-order valence-electron chi connectivity index (χ3n) is 2.74. The van der Waals surface area contributed by atoms with Gasteiger partial charge in [-0.3, -0.25) is 0 Å². The fourth-order valence-corrected chi connectivity index (χ4v) is 2.20. The quantitative estimate of drug-likeness (QED) is 0.654. The van der Waals surface area contributed by atoms with Gasteiger partial charge in [0, 0.05) is 18.2 Å². The number of fused-ring (bicyclic) bond motifs is 1. The molecule has 0 spiro atoms. The third kappa shape index (κ3) is 1.62. The molecule has 3 heteroatoms. The van der Waals surface area contributed by atoms with Crippen LogP contribution in [0.25, 0.3) is 0 Å². The molecule has 80 valence electrons. The molecule has 1 aromatic heterocycles. The molecule has 0 radical (unpaired) electrons. The highest BCUT2D eigenvalue weighted by molar-refractivity contribution is 5.72. The van der Waals surface area contributed by atoms with Crippen molar-refractivity contribution in [3.05, 3.63) is 23.9 Å². The number of aldehydes is 1. The maximum absolute atomic E-state index is 11.1. The fraction of sp³-hybridized carbons (Fsp3) is 0.500. The van der Waals surface area contributed by atoms with Gasteiger partial charge < -0.3 is 9.69 Å². The molecule has 0 saturated heterocycles. The molecule has 0 aromatic carbocycles. The van der Waals surface area contributed by atoms with Gasteiger partial charge in [0.25, 0.3) is 0 Å². The van der Waals surface area contributed by atoms with Crippen LogP contribution in [-0.4, -0.2) is 22.9 Å². The van der Waals surface area contributed by atoms with Crippen molar-refractivity contribution in [2.75, 3.05) is 4.90 Å². The second-order valence-electron chi connectivity index (χ2n) is 4.93. The van der Waals surface area contributed by atoms with E-state index in [4.69, 9.17) is 0 Å². The zero-order chi connectivity index (χ0) is 11.1. The Labute approximate surface area is 90.1 Å². The van der Waals surface area contributed by atoms with E-state index in [1.807, 2.05) is 12.1 Å². The van der Waals surface area contributed by atoms with E-state index >= 15 is 0 Å². The van der Waals surface area contributed by atoms with E-state index < -0.39 is 0 Å². The summed E-state index contributed by atoms with van der Waals surface area (Å²) >= 11 is 0. The number of hydrogen-bond donors (Lipinski definition) is 0. The normalized spacial score (nSPS) is 20.2. The maximum atomic E-state index is 11.1. The number of rotatable bonds is 1. The van der Waals surface area contributed by atoms with Gasteiger partial charge in [0.05, 0.1) is 6.04 Å². The summed E-state index contributed by atoms with van der Waals surface area (Å²) in [6, 6.07) is 3.91. The molecule has 0 aliphatic carbocycles. The van der Waals surface area contributed by atoms with E-state index in [9.17, 15) is 4.79 Å². The lowest BCUT2D eigenvalue weighted by Crippen LogP contribution is -2.47. The van der Waals surface area contributed by atoms with Gasteiger partial charge in [-0.15, -0.1) is 0 Å². The molecule has 15 heavy (non-hydrogen) atoms. The van der Waals surface area contributed by atoms with Crippen LogP contribution in [0.4, 0.5) is 5.82 Å². The van der Waals surface area contributed by atoms with Gasteiger partial charge in [0.1, 0.15) is 12.1 Å². The van der Waals surface area contributed by atoms with E-state index in [1.54, 1.807) is 6.20 Å². The Morgan fingerprint density at radius 3 is 2.87 bits per heavy atom. The van der Waals surface area contributed by atoms with Gasteiger partial charge in [0.15, 0.2) is 0 Å². The number of carbonyl (C=O) groups excluding carboxylic acids is 1. The van der Waals surface area contributed by atoms with E-state index in [0.717, 1.165) is 18.5 Å². The van der Waals surface area contributed by atoms with E-state index in [2.05, 4.69) is 30.7 Å². The lowest BCUT2D eigenvalue weighted by Gasteiger charge is -2.36. The maximum Gasteiger partial charge on any atom is 0.142 e. The Hall–Kier alpha value is -1.38. The fourth-order valence-electron chi connectivity index (χ4n) is 2.20. The van der Waals surface area contributed by atoms with Crippen molar-refractivity contribution in [1.82, 2.24) is 4.98 Å². The van der Waals surface area contributed by atoms with Crippen LogP contribution in [0.5, 0.6) is 0 Å². The molecule has 1 aromatic rings. The number of aromatic nitrogens is 1. The Morgan fingerprint density at radius 2 is 2.27 bits per heavy atom. The second kappa shape index (κ2) is 3.33. The molecular formula is C12H16N2O. The van der Waals surface area contributed by atoms with Crippen LogP contribution in [0, 0.1) is 0 Å². The van der Waals surface area contributed by atoms with E-state index in [-0.39, 0.29) is 11.6 Å². The zero-order valence-corrected chi connectivity index (χ0v) is 9.40. The lowest BCUT2D eigenvalue weighted by molar-refractivity contribution is -0.109. The first-order valence-electron chi connectivity index (χ1n) is 5.22. The monoisotopic (exact) mass is 204 g/mol. The molecule has 1 aliphatic rings. The number of hydrogen-bond acceptors (Lipinski definition) is 3. The first-order valence-corrected chi connectivity index (χ1v) is 5.22. The summed E-state index contributed by atoms with van der Waals surface area (Å²) in [6.45, 7) is 6.31. The average molecular weight is 204 g/mol. The second-order valence-corrected chi connectivity index (χ2v) is 4.93. The van der Waals surface area contributed by atoms with Crippen molar-refractivity contribution in [1.29, 1.82) is 0 Å². The number of anilines is 1. The van der Waals surface area contributed by atoms with Crippen LogP contribution in [0.2, 0.25) is 0 Å². The van der Waals surface area contributed by atoms with E-state index in [1.165, 1.54) is 5.56 Å². The summed E-state index contributed by atoms with van der Waals surface area (Å²) in [5.41, 5.74) is 1.11. The number of carbonyl (C=O) groups is 1. The molecule has 1 atom stereocenters. The predicted octanol–water partition coefficient (Wildman–Crippen LogP) is 1.81. The lowest BCUT2D eigenvalue weighted by atomic mass is 10.0. The van der Waals surface area contributed by atoms with Gasteiger partial charge in [-0.25, -0.2) is 4.98 Å². The molecular weight excluding hydrogens is 188 g/mol. The Bertz CT molecular complexity index is 381. The van der Waals surface area contributed by atoms with Crippen LogP contribution < -0.4 is 4.90 Å². The van der Waals surface area contributed by atoms with Crippen molar-refractivity contribution in [2.45, 2.75) is 38.8 Å². The standard InChI is InChI=1S/C12H16N2O/c1-12(2,3)14-10(8-15)7-9-5-4-6-13-11(9)14/h4-6,8,10H,7H2,1-3H3. The first kappa shape index (κ1) is 10.1. The Balaban J connectivity index is 2.47. The minimum absolute atomic E-state index is 0.0603. The smallest absolute Gasteiger partial charge is 0.142 e. The van der Waals surface area contributed by atoms with Crippen LogP contribution in [0.1, 0.15) is 26.3 Å². The molecule has 2 rings (SSSR count).